The lowest BCUT2D eigenvalue weighted by molar-refractivity contribution is 0.0432. The molecule has 3 aromatic rings. The molecule has 8 heteroatoms. The summed E-state index contributed by atoms with van der Waals surface area (Å²) in [6.07, 6.45) is 0. The van der Waals surface area contributed by atoms with E-state index in [0.29, 0.717) is 17.2 Å². The molecule has 0 atom stereocenters. The minimum absolute atomic E-state index is 0.0377. The number of hydrogen-bond donors (Lipinski definition) is 0. The van der Waals surface area contributed by atoms with E-state index < -0.39 is 5.97 Å². The van der Waals surface area contributed by atoms with Crippen LogP contribution < -0.4 is 0 Å². The molecule has 24 heavy (non-hydrogen) atoms. The summed E-state index contributed by atoms with van der Waals surface area (Å²) in [4.78, 5) is 17.6. The number of rotatable bonds is 6. The van der Waals surface area contributed by atoms with Crippen LogP contribution in [0.15, 0.2) is 39.0 Å². The number of carbonyl (C=O) groups is 1. The van der Waals surface area contributed by atoms with Crippen molar-refractivity contribution in [3.8, 4) is 0 Å². The van der Waals surface area contributed by atoms with Crippen LogP contribution in [-0.4, -0.2) is 21.2 Å². The minimum Gasteiger partial charge on any atom is -0.452 e. The van der Waals surface area contributed by atoms with Gasteiger partial charge in [0.2, 0.25) is 5.89 Å². The largest absolute Gasteiger partial charge is 0.452 e. The lowest BCUT2D eigenvalue weighted by Crippen LogP contribution is -2.07. The van der Waals surface area contributed by atoms with Crippen molar-refractivity contribution in [3.05, 3.63) is 57.7 Å². The third-order valence-corrected chi connectivity index (χ3v) is 4.97. The smallest absolute Gasteiger partial charge is 0.339 e. The maximum Gasteiger partial charge on any atom is 0.339 e. The molecule has 0 aliphatic rings. The van der Waals surface area contributed by atoms with E-state index in [0.717, 1.165) is 15.6 Å². The topological polar surface area (TPSA) is 78.1 Å². The first-order chi connectivity index (χ1) is 11.6. The van der Waals surface area contributed by atoms with Gasteiger partial charge in [0.05, 0.1) is 16.3 Å². The third-order valence-electron chi connectivity index (χ3n) is 3.04. The third kappa shape index (κ3) is 4.21. The molecule has 0 aliphatic heterocycles. The number of thiazole rings is 1. The monoisotopic (exact) mass is 361 g/mol. The molecule has 0 saturated heterocycles. The van der Waals surface area contributed by atoms with E-state index in [4.69, 9.17) is 9.15 Å². The van der Waals surface area contributed by atoms with E-state index >= 15 is 0 Å². The van der Waals surface area contributed by atoms with Crippen LogP contribution in [0.2, 0.25) is 0 Å². The second kappa shape index (κ2) is 7.59. The van der Waals surface area contributed by atoms with Gasteiger partial charge in [0.25, 0.3) is 5.89 Å². The number of thioether (sulfide) groups is 1. The summed E-state index contributed by atoms with van der Waals surface area (Å²) in [7, 11) is 0. The summed E-state index contributed by atoms with van der Waals surface area (Å²) >= 11 is 3.18. The standard InChI is InChI=1S/C16H15N3O3S2/c1-10-18-19-15(22-10)7-21-16(20)13-5-3-4-6-14(13)24-9-12-8-23-11(2)17-12/h3-6,8H,7,9H2,1-2H3. The van der Waals surface area contributed by atoms with Gasteiger partial charge in [0, 0.05) is 23.0 Å². The summed E-state index contributed by atoms with van der Waals surface area (Å²) in [6, 6.07) is 7.35. The van der Waals surface area contributed by atoms with Crippen molar-refractivity contribution < 1.29 is 13.9 Å². The fourth-order valence-corrected chi connectivity index (χ4v) is 3.64. The number of benzene rings is 1. The van der Waals surface area contributed by atoms with Gasteiger partial charge in [-0.3, -0.25) is 0 Å². The SMILES string of the molecule is Cc1nnc(COC(=O)c2ccccc2SCc2csc(C)n2)o1. The van der Waals surface area contributed by atoms with Crippen LogP contribution in [0.25, 0.3) is 0 Å². The van der Waals surface area contributed by atoms with Crippen molar-refractivity contribution in [2.45, 2.75) is 31.1 Å². The first-order valence-electron chi connectivity index (χ1n) is 7.21. The second-order valence-corrected chi connectivity index (χ2v) is 7.01. The van der Waals surface area contributed by atoms with Gasteiger partial charge in [-0.1, -0.05) is 12.1 Å². The van der Waals surface area contributed by atoms with Gasteiger partial charge < -0.3 is 9.15 Å². The van der Waals surface area contributed by atoms with E-state index in [1.165, 1.54) is 0 Å². The first kappa shape index (κ1) is 16.7. The van der Waals surface area contributed by atoms with E-state index in [2.05, 4.69) is 15.2 Å². The molecule has 3 rings (SSSR count). The highest BCUT2D eigenvalue weighted by molar-refractivity contribution is 7.98. The molecule has 0 radical (unpaired) electrons. The molecule has 0 fully saturated rings. The zero-order chi connectivity index (χ0) is 16.9. The number of aryl methyl sites for hydroxylation is 2. The molecule has 2 aromatic heterocycles. The molecular formula is C16H15N3O3S2. The number of aromatic nitrogens is 3. The highest BCUT2D eigenvalue weighted by Gasteiger charge is 2.15. The van der Waals surface area contributed by atoms with Crippen molar-refractivity contribution in [2.24, 2.45) is 0 Å². The number of nitrogens with zero attached hydrogens (tertiary/aromatic N) is 3. The zero-order valence-corrected chi connectivity index (χ0v) is 14.8. The van der Waals surface area contributed by atoms with Crippen molar-refractivity contribution in [2.75, 3.05) is 0 Å². The van der Waals surface area contributed by atoms with Gasteiger partial charge in [-0.25, -0.2) is 9.78 Å². The lowest BCUT2D eigenvalue weighted by Gasteiger charge is -2.07. The molecular weight excluding hydrogens is 346 g/mol. The lowest BCUT2D eigenvalue weighted by atomic mass is 10.2. The van der Waals surface area contributed by atoms with E-state index in [-0.39, 0.29) is 12.5 Å². The van der Waals surface area contributed by atoms with Gasteiger partial charge in [-0.05, 0) is 19.1 Å². The molecule has 0 aliphatic carbocycles. The van der Waals surface area contributed by atoms with Crippen molar-refractivity contribution in [3.63, 3.8) is 0 Å². The van der Waals surface area contributed by atoms with Gasteiger partial charge in [-0.15, -0.1) is 33.3 Å². The molecule has 124 valence electrons. The molecule has 0 amide bonds. The Labute approximate surface area is 147 Å². The van der Waals surface area contributed by atoms with E-state index in [9.17, 15) is 4.79 Å². The van der Waals surface area contributed by atoms with Crippen molar-refractivity contribution in [1.82, 2.24) is 15.2 Å². The summed E-state index contributed by atoms with van der Waals surface area (Å²) in [5, 5.41) is 10.6. The normalized spacial score (nSPS) is 10.8. The average Bonchev–Trinajstić information content (AvgIpc) is 3.19. The quantitative estimate of drug-likeness (QED) is 0.488. The summed E-state index contributed by atoms with van der Waals surface area (Å²) in [5.41, 5.74) is 1.53. The molecule has 0 saturated carbocycles. The highest BCUT2D eigenvalue weighted by Crippen LogP contribution is 2.27. The van der Waals surface area contributed by atoms with Crippen LogP contribution in [0.1, 0.15) is 32.8 Å². The van der Waals surface area contributed by atoms with Gasteiger partial charge in [-0.2, -0.15) is 0 Å². The number of ether oxygens (including phenoxy) is 1. The zero-order valence-electron chi connectivity index (χ0n) is 13.2. The average molecular weight is 361 g/mol. The van der Waals surface area contributed by atoms with Crippen LogP contribution in [0.5, 0.6) is 0 Å². The predicted molar refractivity (Wildman–Crippen MR) is 91.0 cm³/mol. The minimum atomic E-state index is -0.414. The van der Waals surface area contributed by atoms with Crippen LogP contribution in [0.3, 0.4) is 0 Å². The highest BCUT2D eigenvalue weighted by atomic mass is 32.2. The number of hydrogen-bond acceptors (Lipinski definition) is 8. The molecule has 0 N–H and O–H groups in total. The Morgan fingerprint density at radius 2 is 2.12 bits per heavy atom. The Balaban J connectivity index is 1.65. The van der Waals surface area contributed by atoms with Crippen LogP contribution in [-0.2, 0) is 17.1 Å². The van der Waals surface area contributed by atoms with Crippen molar-refractivity contribution >= 4 is 29.1 Å². The van der Waals surface area contributed by atoms with Gasteiger partial charge in [0.1, 0.15) is 0 Å². The Hall–Kier alpha value is -2.19. The van der Waals surface area contributed by atoms with Crippen LogP contribution in [0.4, 0.5) is 0 Å². The Kier molecular flexibility index (Phi) is 5.27. The molecule has 0 unspecified atom stereocenters. The van der Waals surface area contributed by atoms with Gasteiger partial charge in [0.15, 0.2) is 6.61 Å². The van der Waals surface area contributed by atoms with E-state index in [1.807, 2.05) is 30.5 Å². The summed E-state index contributed by atoms with van der Waals surface area (Å²) < 4.78 is 10.5. The molecule has 1 aromatic carbocycles. The molecule has 0 spiro atoms. The fourth-order valence-electron chi connectivity index (χ4n) is 1.99. The fraction of sp³-hybridized carbons (Fsp3) is 0.250. The predicted octanol–water partition coefficient (Wildman–Crippen LogP) is 3.79. The Bertz CT molecular complexity index is 844. The van der Waals surface area contributed by atoms with Crippen molar-refractivity contribution in [1.29, 1.82) is 0 Å². The Morgan fingerprint density at radius 1 is 1.29 bits per heavy atom. The first-order valence-corrected chi connectivity index (χ1v) is 9.07. The summed E-state index contributed by atoms with van der Waals surface area (Å²) in [5.74, 6) is 1.01. The number of esters is 1. The molecule has 2 heterocycles. The number of carbonyl (C=O) groups excluding carboxylic acids is 1. The van der Waals surface area contributed by atoms with E-state index in [1.54, 1.807) is 36.1 Å². The summed E-state index contributed by atoms with van der Waals surface area (Å²) in [6.45, 7) is 3.62. The maximum absolute atomic E-state index is 12.3. The molecule has 0 bridgehead atoms. The molecule has 6 nitrogen and oxygen atoms in total. The van der Waals surface area contributed by atoms with Crippen LogP contribution >= 0.6 is 23.1 Å². The van der Waals surface area contributed by atoms with Gasteiger partial charge >= 0.3 is 5.97 Å². The second-order valence-electron chi connectivity index (χ2n) is 4.93. The Morgan fingerprint density at radius 3 is 2.83 bits per heavy atom. The van der Waals surface area contributed by atoms with Crippen LogP contribution in [0, 0.1) is 13.8 Å². The maximum atomic E-state index is 12.3.